The molecule has 3 nitrogen and oxygen atoms in total. The van der Waals surface area contributed by atoms with E-state index in [2.05, 4.69) is 19.2 Å². The van der Waals surface area contributed by atoms with Crippen LogP contribution in [0.5, 0.6) is 0 Å². The monoisotopic (exact) mass is 247 g/mol. The Hall–Kier alpha value is -0.280. The number of rotatable bonds is 6. The second kappa shape index (κ2) is 6.45. The minimum absolute atomic E-state index is 0.0384. The van der Waals surface area contributed by atoms with Crippen LogP contribution in [0.4, 0.5) is 0 Å². The summed E-state index contributed by atoms with van der Waals surface area (Å²) in [5.74, 6) is 0.722. The molecule has 1 aliphatic rings. The number of alkyl halides is 1. The zero-order chi connectivity index (χ0) is 12.0. The van der Waals surface area contributed by atoms with Crippen LogP contribution in [0, 0.1) is 5.41 Å². The summed E-state index contributed by atoms with van der Waals surface area (Å²) in [6, 6.07) is 0. The Bertz CT molecular complexity index is 225. The molecule has 1 N–H and O–H groups in total. The molecule has 0 saturated carbocycles. The molecule has 94 valence electrons. The van der Waals surface area contributed by atoms with E-state index >= 15 is 0 Å². The summed E-state index contributed by atoms with van der Waals surface area (Å²) >= 11 is 5.67. The predicted molar refractivity (Wildman–Crippen MR) is 65.7 cm³/mol. The molecule has 0 aliphatic carbocycles. The van der Waals surface area contributed by atoms with Crippen molar-refractivity contribution in [3.8, 4) is 0 Å². The first kappa shape index (κ1) is 13.8. The van der Waals surface area contributed by atoms with Gasteiger partial charge in [-0.05, 0) is 31.1 Å². The molecule has 4 heteroatoms. The second-order valence-electron chi connectivity index (χ2n) is 5.18. The molecule has 16 heavy (non-hydrogen) atoms. The van der Waals surface area contributed by atoms with Crippen LogP contribution in [-0.2, 0) is 9.53 Å². The lowest BCUT2D eigenvalue weighted by Crippen LogP contribution is -2.39. The highest BCUT2D eigenvalue weighted by molar-refractivity contribution is 6.17. The molecular weight excluding hydrogens is 226 g/mol. The maximum absolute atomic E-state index is 11.7. The average molecular weight is 248 g/mol. The van der Waals surface area contributed by atoms with Gasteiger partial charge in [0.05, 0.1) is 0 Å². The average Bonchev–Trinajstić information content (AvgIpc) is 2.77. The summed E-state index contributed by atoms with van der Waals surface area (Å²) in [5, 5.41) is 2.97. The van der Waals surface area contributed by atoms with Crippen molar-refractivity contribution in [2.75, 3.05) is 19.0 Å². The lowest BCUT2D eigenvalue weighted by Gasteiger charge is -2.25. The Morgan fingerprint density at radius 3 is 2.88 bits per heavy atom. The van der Waals surface area contributed by atoms with Crippen molar-refractivity contribution in [3.05, 3.63) is 0 Å². The van der Waals surface area contributed by atoms with E-state index in [1.165, 1.54) is 0 Å². The van der Waals surface area contributed by atoms with Crippen LogP contribution >= 0.6 is 11.6 Å². The first-order chi connectivity index (χ1) is 7.55. The number of nitrogens with one attached hydrogen (secondary N) is 1. The molecule has 0 bridgehead atoms. The van der Waals surface area contributed by atoms with Crippen molar-refractivity contribution in [2.24, 2.45) is 5.41 Å². The van der Waals surface area contributed by atoms with Gasteiger partial charge in [-0.15, -0.1) is 11.6 Å². The van der Waals surface area contributed by atoms with Crippen LogP contribution in [0.2, 0.25) is 0 Å². The van der Waals surface area contributed by atoms with Crippen LogP contribution in [0.25, 0.3) is 0 Å². The van der Waals surface area contributed by atoms with Gasteiger partial charge in [0.1, 0.15) is 6.10 Å². The Morgan fingerprint density at radius 2 is 2.31 bits per heavy atom. The number of halogens is 1. The largest absolute Gasteiger partial charge is 0.368 e. The molecule has 1 heterocycles. The van der Waals surface area contributed by atoms with Gasteiger partial charge in [-0.3, -0.25) is 4.79 Å². The van der Waals surface area contributed by atoms with E-state index in [0.29, 0.717) is 19.0 Å². The number of carbonyl (C=O) groups excluding carboxylic acids is 1. The number of amides is 1. The Balaban J connectivity index is 2.24. The molecule has 0 aromatic heterocycles. The third-order valence-corrected chi connectivity index (χ3v) is 3.22. The molecule has 1 atom stereocenters. The van der Waals surface area contributed by atoms with Crippen molar-refractivity contribution in [2.45, 2.75) is 45.6 Å². The standard InChI is InChI=1S/C12H22ClNO2/c1-12(2,6-4-7-13)9-14-11(15)10-5-3-8-16-10/h10H,3-9H2,1-2H3,(H,14,15). The van der Waals surface area contributed by atoms with Crippen LogP contribution in [-0.4, -0.2) is 31.0 Å². The topological polar surface area (TPSA) is 38.3 Å². The molecule has 1 unspecified atom stereocenters. The van der Waals surface area contributed by atoms with Gasteiger partial charge in [0, 0.05) is 19.0 Å². The van der Waals surface area contributed by atoms with E-state index < -0.39 is 0 Å². The third-order valence-electron chi connectivity index (χ3n) is 2.95. The van der Waals surface area contributed by atoms with Crippen LogP contribution in [0.3, 0.4) is 0 Å². The minimum atomic E-state index is -0.219. The summed E-state index contributed by atoms with van der Waals surface area (Å²) < 4.78 is 5.33. The first-order valence-electron chi connectivity index (χ1n) is 6.00. The van der Waals surface area contributed by atoms with Crippen molar-refractivity contribution in [1.82, 2.24) is 5.32 Å². The Labute approximate surface area is 103 Å². The summed E-state index contributed by atoms with van der Waals surface area (Å²) in [7, 11) is 0. The van der Waals surface area contributed by atoms with Gasteiger partial charge in [0.15, 0.2) is 0 Å². The van der Waals surface area contributed by atoms with Crippen molar-refractivity contribution < 1.29 is 9.53 Å². The smallest absolute Gasteiger partial charge is 0.249 e. The zero-order valence-corrected chi connectivity index (χ0v) is 11.0. The molecule has 0 aromatic rings. The maximum atomic E-state index is 11.7. The van der Waals surface area contributed by atoms with E-state index in [1.54, 1.807) is 0 Å². The van der Waals surface area contributed by atoms with Crippen molar-refractivity contribution >= 4 is 17.5 Å². The van der Waals surface area contributed by atoms with Crippen molar-refractivity contribution in [1.29, 1.82) is 0 Å². The number of ether oxygens (including phenoxy) is 1. The molecule has 1 saturated heterocycles. The third kappa shape index (κ3) is 4.71. The molecule has 1 rings (SSSR count). The van der Waals surface area contributed by atoms with E-state index in [4.69, 9.17) is 16.3 Å². The Morgan fingerprint density at radius 1 is 1.56 bits per heavy atom. The Kier molecular flexibility index (Phi) is 5.56. The molecular formula is C12H22ClNO2. The van der Waals surface area contributed by atoms with E-state index in [1.807, 2.05) is 0 Å². The van der Waals surface area contributed by atoms with Gasteiger partial charge in [-0.25, -0.2) is 0 Å². The highest BCUT2D eigenvalue weighted by Gasteiger charge is 2.25. The fourth-order valence-corrected chi connectivity index (χ4v) is 1.99. The zero-order valence-electron chi connectivity index (χ0n) is 10.2. The van der Waals surface area contributed by atoms with Gasteiger partial charge in [0.25, 0.3) is 0 Å². The van der Waals surface area contributed by atoms with Gasteiger partial charge in [-0.2, -0.15) is 0 Å². The number of hydrogen-bond donors (Lipinski definition) is 1. The van der Waals surface area contributed by atoms with Crippen LogP contribution < -0.4 is 5.32 Å². The highest BCUT2D eigenvalue weighted by atomic mass is 35.5. The van der Waals surface area contributed by atoms with Gasteiger partial charge >= 0.3 is 0 Å². The predicted octanol–water partition coefficient (Wildman–Crippen LogP) is 2.33. The molecule has 0 radical (unpaired) electrons. The number of hydrogen-bond acceptors (Lipinski definition) is 2. The molecule has 1 amide bonds. The quantitative estimate of drug-likeness (QED) is 0.732. The van der Waals surface area contributed by atoms with Crippen LogP contribution in [0.1, 0.15) is 39.5 Å². The summed E-state index contributed by atoms with van der Waals surface area (Å²) in [5.41, 5.74) is 0.114. The lowest BCUT2D eigenvalue weighted by molar-refractivity contribution is -0.130. The van der Waals surface area contributed by atoms with E-state index in [9.17, 15) is 4.79 Å². The molecule has 0 spiro atoms. The summed E-state index contributed by atoms with van der Waals surface area (Å²) in [6.07, 6.45) is 3.65. The normalized spacial score (nSPS) is 21.1. The van der Waals surface area contributed by atoms with E-state index in [-0.39, 0.29) is 17.4 Å². The molecule has 1 aliphatic heterocycles. The summed E-state index contributed by atoms with van der Waals surface area (Å²) in [6.45, 7) is 5.71. The maximum Gasteiger partial charge on any atom is 0.249 e. The van der Waals surface area contributed by atoms with Gasteiger partial charge in [-0.1, -0.05) is 13.8 Å². The van der Waals surface area contributed by atoms with Gasteiger partial charge < -0.3 is 10.1 Å². The fraction of sp³-hybridized carbons (Fsp3) is 0.917. The second-order valence-corrected chi connectivity index (χ2v) is 5.55. The highest BCUT2D eigenvalue weighted by Crippen LogP contribution is 2.21. The summed E-state index contributed by atoms with van der Waals surface area (Å²) in [4.78, 5) is 11.7. The SMILES string of the molecule is CC(C)(CCCCl)CNC(=O)C1CCCO1. The van der Waals surface area contributed by atoms with Crippen LogP contribution in [0.15, 0.2) is 0 Å². The van der Waals surface area contributed by atoms with Crippen molar-refractivity contribution in [3.63, 3.8) is 0 Å². The lowest BCUT2D eigenvalue weighted by atomic mass is 9.88. The number of carbonyl (C=O) groups is 1. The molecule has 1 fully saturated rings. The first-order valence-corrected chi connectivity index (χ1v) is 6.54. The van der Waals surface area contributed by atoms with Gasteiger partial charge in [0.2, 0.25) is 5.91 Å². The fourth-order valence-electron chi connectivity index (χ4n) is 1.86. The minimum Gasteiger partial charge on any atom is -0.368 e. The molecule has 0 aromatic carbocycles. The van der Waals surface area contributed by atoms with E-state index in [0.717, 1.165) is 25.7 Å².